The number of rotatable bonds is 3. The highest BCUT2D eigenvalue weighted by Gasteiger charge is 2.25. The van der Waals surface area contributed by atoms with E-state index in [4.69, 9.17) is 0 Å². The molecule has 0 atom stereocenters. The third-order valence-corrected chi connectivity index (χ3v) is 10.0. The zero-order valence-electron chi connectivity index (χ0n) is 24.9. The third-order valence-electron chi connectivity index (χ3n) is 10.0. The summed E-state index contributed by atoms with van der Waals surface area (Å²) in [7, 11) is 0. The molecule has 9 aromatic rings. The van der Waals surface area contributed by atoms with Gasteiger partial charge in [-0.3, -0.25) is 0 Å². The monoisotopic (exact) mass is 577 g/mol. The van der Waals surface area contributed by atoms with Gasteiger partial charge in [0.2, 0.25) is 0 Å². The van der Waals surface area contributed by atoms with Crippen LogP contribution in [0.1, 0.15) is 24.1 Å². The van der Waals surface area contributed by atoms with Gasteiger partial charge < -0.3 is 13.7 Å². The molecule has 1 aliphatic carbocycles. The lowest BCUT2D eigenvalue weighted by molar-refractivity contribution is 0.667. The number of fused-ring (bicyclic) bond motifs is 10. The third kappa shape index (κ3) is 3.47. The van der Waals surface area contributed by atoms with E-state index in [0.29, 0.717) is 0 Å². The molecule has 0 radical (unpaired) electrons. The Balaban J connectivity index is 1.27. The summed E-state index contributed by atoms with van der Waals surface area (Å²) in [5, 5.41) is 6.58. The molecule has 0 saturated heterocycles. The van der Waals surface area contributed by atoms with Gasteiger partial charge in [0.1, 0.15) is 0 Å². The van der Waals surface area contributed by atoms with E-state index < -0.39 is 0 Å². The molecule has 3 aromatic heterocycles. The molecule has 1 aliphatic rings. The predicted octanol–water partition coefficient (Wildman–Crippen LogP) is 10.7. The van der Waals surface area contributed by atoms with Crippen LogP contribution < -0.4 is 0 Å². The second-order valence-corrected chi connectivity index (χ2v) is 12.4. The van der Waals surface area contributed by atoms with Crippen molar-refractivity contribution in [3.8, 4) is 17.1 Å². The fourth-order valence-electron chi connectivity index (χ4n) is 8.15. The minimum atomic E-state index is 1.10. The first kappa shape index (κ1) is 24.9. The Morgan fingerprint density at radius 3 is 1.47 bits per heavy atom. The quantitative estimate of drug-likeness (QED) is 0.198. The summed E-state index contributed by atoms with van der Waals surface area (Å²) in [6, 6.07) is 51.3. The molecule has 0 unspecified atom stereocenters. The molecule has 0 fully saturated rings. The van der Waals surface area contributed by atoms with Gasteiger partial charge in [-0.1, -0.05) is 84.9 Å². The summed E-state index contributed by atoms with van der Waals surface area (Å²) in [4.78, 5) is 0. The summed E-state index contributed by atoms with van der Waals surface area (Å²) in [5.41, 5.74) is 12.9. The number of hydrogen-bond donors (Lipinski definition) is 0. The first-order valence-corrected chi connectivity index (χ1v) is 16.1. The smallest absolute Gasteiger partial charge is 0.0788 e. The van der Waals surface area contributed by atoms with Crippen molar-refractivity contribution in [1.82, 2.24) is 13.7 Å². The van der Waals surface area contributed by atoms with Crippen LogP contribution in [0.4, 0.5) is 0 Å². The number of hydrogen-bond acceptors (Lipinski definition) is 0. The van der Waals surface area contributed by atoms with Crippen molar-refractivity contribution in [3.63, 3.8) is 0 Å². The van der Waals surface area contributed by atoms with Crippen LogP contribution in [0.15, 0.2) is 140 Å². The van der Waals surface area contributed by atoms with Crippen LogP contribution in [0.25, 0.3) is 71.6 Å². The maximum atomic E-state index is 2.60. The Kier molecular flexibility index (Phi) is 5.23. The van der Waals surface area contributed by atoms with Crippen molar-refractivity contribution in [2.75, 3.05) is 0 Å². The van der Waals surface area contributed by atoms with Gasteiger partial charge >= 0.3 is 0 Å². The summed E-state index contributed by atoms with van der Waals surface area (Å²) in [6.45, 7) is 0. The lowest BCUT2D eigenvalue weighted by Gasteiger charge is -2.17. The topological polar surface area (TPSA) is 14.8 Å². The Bertz CT molecular complexity index is 2520. The Hall–Kier alpha value is -5.54. The minimum absolute atomic E-state index is 1.10. The molecular formula is C42H31N3. The highest BCUT2D eigenvalue weighted by atomic mass is 15.1. The van der Waals surface area contributed by atoms with E-state index in [1.807, 2.05) is 0 Å². The highest BCUT2D eigenvalue weighted by Crippen LogP contribution is 2.42. The molecule has 10 rings (SSSR count). The molecule has 0 spiro atoms. The molecule has 3 nitrogen and oxygen atoms in total. The minimum Gasteiger partial charge on any atom is -0.311 e. The van der Waals surface area contributed by atoms with E-state index in [0.717, 1.165) is 12.8 Å². The SMILES string of the molecule is c1ccc(-n2c3ccccc3c3ccc4c5c(n(-c6ccc(-n7c8ccccc8c8ccccc87)cc6)c4c32)CCCC5)cc1. The molecule has 3 heteroatoms. The number of aryl methyl sites for hydroxylation is 1. The van der Waals surface area contributed by atoms with Gasteiger partial charge in [-0.05, 0) is 85.8 Å². The Morgan fingerprint density at radius 2 is 0.800 bits per heavy atom. The zero-order valence-corrected chi connectivity index (χ0v) is 24.9. The van der Waals surface area contributed by atoms with Crippen molar-refractivity contribution < 1.29 is 0 Å². The first-order valence-electron chi connectivity index (χ1n) is 16.1. The second kappa shape index (κ2) is 9.48. The molecule has 0 saturated carbocycles. The number of benzene rings is 6. The zero-order chi connectivity index (χ0) is 29.5. The van der Waals surface area contributed by atoms with Gasteiger partial charge in [-0.15, -0.1) is 0 Å². The molecule has 214 valence electrons. The molecule has 0 amide bonds. The van der Waals surface area contributed by atoms with E-state index >= 15 is 0 Å². The normalized spacial score (nSPS) is 13.4. The first-order chi connectivity index (χ1) is 22.4. The maximum Gasteiger partial charge on any atom is 0.0788 e. The van der Waals surface area contributed by atoms with Crippen LogP contribution in [0.3, 0.4) is 0 Å². The van der Waals surface area contributed by atoms with E-state index in [9.17, 15) is 0 Å². The summed E-state index contributed by atoms with van der Waals surface area (Å²) in [5.74, 6) is 0. The molecule has 0 aliphatic heterocycles. The van der Waals surface area contributed by atoms with Crippen molar-refractivity contribution in [1.29, 1.82) is 0 Å². The predicted molar refractivity (Wildman–Crippen MR) is 189 cm³/mol. The van der Waals surface area contributed by atoms with E-state index in [2.05, 4.69) is 153 Å². The van der Waals surface area contributed by atoms with Gasteiger partial charge in [0.25, 0.3) is 0 Å². The average molecular weight is 578 g/mol. The standard InChI is InChI=1S/C42H31N3/c1-2-12-28(13-3-1)44-39-20-10-6-16-33(39)35-26-27-36-34-17-7-11-21-40(34)45(42(36)41(35)44)30-24-22-29(23-25-30)43-37-18-8-4-14-31(37)32-15-5-9-19-38(32)43/h1-6,8-10,12-16,18-20,22-27H,7,11,17,21H2. The lowest BCUT2D eigenvalue weighted by Crippen LogP contribution is -2.07. The lowest BCUT2D eigenvalue weighted by atomic mass is 9.95. The largest absolute Gasteiger partial charge is 0.311 e. The van der Waals surface area contributed by atoms with Crippen molar-refractivity contribution in [2.45, 2.75) is 25.7 Å². The molecule has 0 N–H and O–H groups in total. The van der Waals surface area contributed by atoms with E-state index in [1.165, 1.54) is 95.7 Å². The van der Waals surface area contributed by atoms with Crippen molar-refractivity contribution in [2.24, 2.45) is 0 Å². The van der Waals surface area contributed by atoms with Crippen molar-refractivity contribution >= 4 is 54.5 Å². The van der Waals surface area contributed by atoms with Crippen molar-refractivity contribution in [3.05, 3.63) is 151 Å². The van der Waals surface area contributed by atoms with Crippen LogP contribution in [0.2, 0.25) is 0 Å². The van der Waals surface area contributed by atoms with Gasteiger partial charge in [0, 0.05) is 49.7 Å². The molecule has 6 aromatic carbocycles. The number of aromatic nitrogens is 3. The summed E-state index contributed by atoms with van der Waals surface area (Å²) in [6.07, 6.45) is 4.72. The molecular weight excluding hydrogens is 546 g/mol. The van der Waals surface area contributed by atoms with E-state index in [1.54, 1.807) is 0 Å². The Morgan fingerprint density at radius 1 is 0.333 bits per heavy atom. The van der Waals surface area contributed by atoms with Crippen LogP contribution in [0, 0.1) is 0 Å². The summed E-state index contributed by atoms with van der Waals surface area (Å²) >= 11 is 0. The Labute approximate surface area is 261 Å². The average Bonchev–Trinajstić information content (AvgIpc) is 3.75. The number of para-hydroxylation sites is 4. The highest BCUT2D eigenvalue weighted by molar-refractivity contribution is 6.19. The fraction of sp³-hybridized carbons (Fsp3) is 0.0952. The van der Waals surface area contributed by atoms with Gasteiger partial charge in [-0.2, -0.15) is 0 Å². The van der Waals surface area contributed by atoms with Crippen LogP contribution in [-0.4, -0.2) is 13.7 Å². The number of nitrogens with zero attached hydrogens (tertiary/aromatic N) is 3. The molecule has 45 heavy (non-hydrogen) atoms. The van der Waals surface area contributed by atoms with E-state index in [-0.39, 0.29) is 0 Å². The fourth-order valence-corrected chi connectivity index (χ4v) is 8.15. The van der Waals surface area contributed by atoms with Gasteiger partial charge in [0.15, 0.2) is 0 Å². The van der Waals surface area contributed by atoms with Gasteiger partial charge in [-0.25, -0.2) is 0 Å². The van der Waals surface area contributed by atoms with Crippen LogP contribution in [0.5, 0.6) is 0 Å². The molecule has 0 bridgehead atoms. The molecule has 3 heterocycles. The van der Waals surface area contributed by atoms with Gasteiger partial charge in [0.05, 0.1) is 27.6 Å². The summed E-state index contributed by atoms with van der Waals surface area (Å²) < 4.78 is 7.49. The van der Waals surface area contributed by atoms with Crippen LogP contribution >= 0.6 is 0 Å². The maximum absolute atomic E-state index is 2.60. The second-order valence-electron chi connectivity index (χ2n) is 12.4. The van der Waals surface area contributed by atoms with Crippen LogP contribution in [-0.2, 0) is 12.8 Å².